The van der Waals surface area contributed by atoms with Gasteiger partial charge in [-0.05, 0) is 68.5 Å². The maximum absolute atomic E-state index is 13.1. The first kappa shape index (κ1) is 20.7. The molecule has 0 aliphatic carbocycles. The van der Waals surface area contributed by atoms with Gasteiger partial charge in [0.1, 0.15) is 5.75 Å². The fourth-order valence-electron chi connectivity index (χ4n) is 3.68. The van der Waals surface area contributed by atoms with E-state index in [2.05, 4.69) is 5.32 Å². The monoisotopic (exact) mass is 418 g/mol. The first-order valence-electron chi connectivity index (χ1n) is 9.38. The van der Waals surface area contributed by atoms with E-state index in [4.69, 9.17) is 21.3 Å². The zero-order chi connectivity index (χ0) is 19.0. The summed E-state index contributed by atoms with van der Waals surface area (Å²) in [5, 5.41) is 3.86. The number of benzene rings is 2. The van der Waals surface area contributed by atoms with Crippen LogP contribution in [0.5, 0.6) is 5.75 Å². The van der Waals surface area contributed by atoms with Gasteiger partial charge < -0.3 is 10.1 Å². The Bertz CT molecular complexity index is 938. The summed E-state index contributed by atoms with van der Waals surface area (Å²) in [5.41, 5.74) is 4.08. The number of halogens is 2. The number of ether oxygens (including phenoxy) is 1. The van der Waals surface area contributed by atoms with Crippen LogP contribution in [0.25, 0.3) is 0 Å². The van der Waals surface area contributed by atoms with E-state index in [0.29, 0.717) is 23.6 Å². The smallest absolute Gasteiger partial charge is 0.255 e. The third-order valence-corrected chi connectivity index (χ3v) is 5.47. The topological polar surface area (TPSA) is 50.7 Å². The van der Waals surface area contributed by atoms with Crippen LogP contribution in [-0.2, 0) is 12.8 Å². The summed E-state index contributed by atoms with van der Waals surface area (Å²) in [4.78, 5) is 17.8. The number of carbonyl (C=O) groups excluding carboxylic acids is 1. The molecular weight excluding hydrogens is 395 g/mol. The molecule has 1 amide bonds. The number of amides is 1. The number of para-hydroxylation sites is 1. The summed E-state index contributed by atoms with van der Waals surface area (Å²) in [5.74, 6) is 0.599. The molecule has 0 atom stereocenters. The molecule has 0 saturated carbocycles. The lowest BCUT2D eigenvalue weighted by atomic mass is 9.93. The van der Waals surface area contributed by atoms with E-state index in [-0.39, 0.29) is 18.3 Å². The first-order valence-corrected chi connectivity index (χ1v) is 9.75. The number of carbonyl (C=O) groups is 1. The van der Waals surface area contributed by atoms with Crippen LogP contribution in [0.15, 0.2) is 41.4 Å². The van der Waals surface area contributed by atoms with Crippen molar-refractivity contribution in [3.63, 3.8) is 0 Å². The van der Waals surface area contributed by atoms with Gasteiger partial charge in [-0.15, -0.1) is 12.4 Å². The van der Waals surface area contributed by atoms with Gasteiger partial charge in [0.2, 0.25) is 0 Å². The lowest BCUT2D eigenvalue weighted by Crippen LogP contribution is -2.50. The molecule has 148 valence electrons. The Kier molecular flexibility index (Phi) is 6.01. The molecule has 0 unspecified atom stereocenters. The van der Waals surface area contributed by atoms with E-state index in [0.717, 1.165) is 47.5 Å². The minimum atomic E-state index is -0.573. The number of rotatable bonds is 3. The van der Waals surface area contributed by atoms with Crippen molar-refractivity contribution in [2.24, 2.45) is 4.99 Å². The molecule has 4 rings (SSSR count). The van der Waals surface area contributed by atoms with Crippen LogP contribution < -0.4 is 10.1 Å². The number of hydrogen-bond donors (Lipinski definition) is 1. The van der Waals surface area contributed by atoms with E-state index in [1.165, 1.54) is 0 Å². The fraction of sp³-hybridized carbons (Fsp3) is 0.364. The average Bonchev–Trinajstić information content (AvgIpc) is 2.91. The molecule has 0 radical (unpaired) electrons. The van der Waals surface area contributed by atoms with Crippen LogP contribution in [-0.4, -0.2) is 23.8 Å². The van der Waals surface area contributed by atoms with Crippen molar-refractivity contribution in [2.45, 2.75) is 45.1 Å². The molecule has 0 saturated heterocycles. The van der Waals surface area contributed by atoms with E-state index >= 15 is 0 Å². The van der Waals surface area contributed by atoms with Crippen molar-refractivity contribution in [3.05, 3.63) is 58.1 Å². The van der Waals surface area contributed by atoms with E-state index in [1.807, 2.05) is 50.2 Å². The lowest BCUT2D eigenvalue weighted by Gasteiger charge is -2.27. The standard InChI is InChI=1S/C22H23ClN2O2.ClH/c1-22(2,19-13-15-12-16(23)9-10-18(15)24-19)25-21(26)17-8-5-7-14-6-3-4-11-27-20(14)17;/h5,7-10,12H,3-4,6,11,13H2,1-2H3,(H,25,26);1H. The molecule has 28 heavy (non-hydrogen) atoms. The van der Waals surface area contributed by atoms with Crippen LogP contribution in [0, 0.1) is 0 Å². The summed E-state index contributed by atoms with van der Waals surface area (Å²) in [6.45, 7) is 4.63. The van der Waals surface area contributed by atoms with Crippen LogP contribution in [0.3, 0.4) is 0 Å². The quantitative estimate of drug-likeness (QED) is 0.733. The number of fused-ring (bicyclic) bond motifs is 2. The largest absolute Gasteiger partial charge is 0.492 e. The molecule has 0 spiro atoms. The minimum absolute atomic E-state index is 0. The molecule has 6 heteroatoms. The Morgan fingerprint density at radius 1 is 1.18 bits per heavy atom. The number of hydrogen-bond acceptors (Lipinski definition) is 3. The van der Waals surface area contributed by atoms with Crippen LogP contribution in [0.2, 0.25) is 5.02 Å². The second kappa shape index (κ2) is 8.14. The molecule has 4 nitrogen and oxygen atoms in total. The third-order valence-electron chi connectivity index (χ3n) is 5.23. The van der Waals surface area contributed by atoms with E-state index < -0.39 is 5.54 Å². The molecular formula is C22H24Cl2N2O2. The van der Waals surface area contributed by atoms with Gasteiger partial charge in [0.15, 0.2) is 0 Å². The fourth-order valence-corrected chi connectivity index (χ4v) is 3.87. The summed E-state index contributed by atoms with van der Waals surface area (Å²) in [7, 11) is 0. The Morgan fingerprint density at radius 3 is 2.82 bits per heavy atom. The van der Waals surface area contributed by atoms with E-state index in [1.54, 1.807) is 0 Å². The lowest BCUT2D eigenvalue weighted by molar-refractivity contribution is 0.0927. The van der Waals surface area contributed by atoms with Gasteiger partial charge in [0.05, 0.1) is 23.4 Å². The van der Waals surface area contributed by atoms with Crippen molar-refractivity contribution >= 4 is 41.3 Å². The predicted molar refractivity (Wildman–Crippen MR) is 116 cm³/mol. The Morgan fingerprint density at radius 2 is 2.00 bits per heavy atom. The van der Waals surface area contributed by atoms with Crippen molar-refractivity contribution in [3.8, 4) is 5.75 Å². The van der Waals surface area contributed by atoms with Gasteiger partial charge in [-0.25, -0.2) is 0 Å². The molecule has 2 heterocycles. The number of nitrogens with zero attached hydrogens (tertiary/aromatic N) is 1. The minimum Gasteiger partial charge on any atom is -0.492 e. The first-order chi connectivity index (χ1) is 12.9. The van der Waals surface area contributed by atoms with Crippen molar-refractivity contribution in [2.75, 3.05) is 6.61 Å². The predicted octanol–water partition coefficient (Wildman–Crippen LogP) is 5.31. The maximum Gasteiger partial charge on any atom is 0.255 e. The van der Waals surface area contributed by atoms with Crippen LogP contribution in [0.1, 0.15) is 48.2 Å². The Labute approximate surface area is 176 Å². The second-order valence-corrected chi connectivity index (χ2v) is 8.12. The van der Waals surface area contributed by atoms with Crippen LogP contribution >= 0.6 is 24.0 Å². The molecule has 0 fully saturated rings. The third kappa shape index (κ3) is 4.03. The van der Waals surface area contributed by atoms with E-state index in [9.17, 15) is 4.79 Å². The number of aliphatic imine (C=N–C) groups is 1. The van der Waals surface area contributed by atoms with Crippen molar-refractivity contribution < 1.29 is 9.53 Å². The second-order valence-electron chi connectivity index (χ2n) is 7.69. The zero-order valence-electron chi connectivity index (χ0n) is 16.0. The molecule has 1 N–H and O–H groups in total. The molecule has 2 aliphatic rings. The van der Waals surface area contributed by atoms with Crippen molar-refractivity contribution in [1.82, 2.24) is 5.32 Å². The highest BCUT2D eigenvalue weighted by Gasteiger charge is 2.32. The summed E-state index contributed by atoms with van der Waals surface area (Å²) >= 11 is 6.10. The SMILES string of the molecule is CC(C)(NC(=O)c1cccc2c1OCCCC2)C1=Nc2ccc(Cl)cc2C1.Cl. The molecule has 0 bridgehead atoms. The number of aryl methyl sites for hydroxylation is 1. The van der Waals surface area contributed by atoms with Gasteiger partial charge >= 0.3 is 0 Å². The maximum atomic E-state index is 13.1. The van der Waals surface area contributed by atoms with Crippen molar-refractivity contribution in [1.29, 1.82) is 0 Å². The number of nitrogens with one attached hydrogen (secondary N) is 1. The van der Waals surface area contributed by atoms with Gasteiger partial charge in [-0.3, -0.25) is 9.79 Å². The summed E-state index contributed by atoms with van der Waals surface area (Å²) in [6.07, 6.45) is 3.73. The van der Waals surface area contributed by atoms with Crippen LogP contribution in [0.4, 0.5) is 5.69 Å². The summed E-state index contributed by atoms with van der Waals surface area (Å²) < 4.78 is 5.90. The molecule has 2 aromatic rings. The van der Waals surface area contributed by atoms with Gasteiger partial charge in [0, 0.05) is 17.2 Å². The normalized spacial score (nSPS) is 15.3. The zero-order valence-corrected chi connectivity index (χ0v) is 17.6. The average molecular weight is 419 g/mol. The van der Waals surface area contributed by atoms with Gasteiger partial charge in [-0.2, -0.15) is 0 Å². The molecule has 2 aliphatic heterocycles. The highest BCUT2D eigenvalue weighted by Crippen LogP contribution is 2.33. The van der Waals surface area contributed by atoms with Gasteiger partial charge in [0.25, 0.3) is 5.91 Å². The van der Waals surface area contributed by atoms with Gasteiger partial charge in [-0.1, -0.05) is 23.7 Å². The summed E-state index contributed by atoms with van der Waals surface area (Å²) in [6, 6.07) is 11.5. The molecule has 2 aromatic carbocycles. The Balaban J connectivity index is 0.00000225. The Hall–Kier alpha value is -2.04. The molecule has 0 aromatic heterocycles. The highest BCUT2D eigenvalue weighted by atomic mass is 35.5. The highest BCUT2D eigenvalue weighted by molar-refractivity contribution is 6.30.